The van der Waals surface area contributed by atoms with Crippen molar-refractivity contribution < 1.29 is 33.7 Å². The third-order valence-corrected chi connectivity index (χ3v) is 6.79. The molecule has 1 aromatic heterocycles. The molecule has 1 amide bonds. The minimum absolute atomic E-state index is 0.118. The van der Waals surface area contributed by atoms with Crippen molar-refractivity contribution in [3.63, 3.8) is 0 Å². The lowest BCUT2D eigenvalue weighted by molar-refractivity contribution is -0.132. The molecule has 1 saturated heterocycles. The molecule has 9 nitrogen and oxygen atoms in total. The number of benzene rings is 2. The summed E-state index contributed by atoms with van der Waals surface area (Å²) in [5.74, 6) is -1.71. The van der Waals surface area contributed by atoms with Crippen molar-refractivity contribution in [1.29, 1.82) is 0 Å². The highest BCUT2D eigenvalue weighted by molar-refractivity contribution is 7.17. The van der Waals surface area contributed by atoms with Gasteiger partial charge in [-0.3, -0.25) is 14.5 Å². The summed E-state index contributed by atoms with van der Waals surface area (Å²) < 4.78 is 15.7. The van der Waals surface area contributed by atoms with Gasteiger partial charge in [-0.05, 0) is 43.7 Å². The fourth-order valence-electron chi connectivity index (χ4n) is 3.95. The summed E-state index contributed by atoms with van der Waals surface area (Å²) in [6.07, 6.45) is 0. The summed E-state index contributed by atoms with van der Waals surface area (Å²) in [6, 6.07) is 12.4. The summed E-state index contributed by atoms with van der Waals surface area (Å²) in [5.41, 5.74) is 1.07. The van der Waals surface area contributed by atoms with Gasteiger partial charge in [-0.25, -0.2) is 9.78 Å². The maximum Gasteiger partial charge on any atom is 0.350 e. The minimum Gasteiger partial charge on any atom is -0.507 e. The largest absolute Gasteiger partial charge is 0.507 e. The van der Waals surface area contributed by atoms with E-state index in [2.05, 4.69) is 4.98 Å². The quantitative estimate of drug-likeness (QED) is 0.218. The zero-order valence-corrected chi connectivity index (χ0v) is 20.9. The molecule has 3 aromatic rings. The van der Waals surface area contributed by atoms with Crippen LogP contribution in [0.5, 0.6) is 11.5 Å². The molecule has 1 fully saturated rings. The van der Waals surface area contributed by atoms with Gasteiger partial charge in [0.15, 0.2) is 5.13 Å². The molecule has 4 rings (SSSR count). The number of amides is 1. The van der Waals surface area contributed by atoms with E-state index in [1.165, 1.54) is 19.1 Å². The van der Waals surface area contributed by atoms with Crippen LogP contribution in [0, 0.1) is 6.92 Å². The van der Waals surface area contributed by atoms with Crippen LogP contribution in [-0.4, -0.2) is 48.6 Å². The van der Waals surface area contributed by atoms with Crippen molar-refractivity contribution in [1.82, 2.24) is 4.98 Å². The Bertz CT molecular complexity index is 1380. The van der Waals surface area contributed by atoms with E-state index in [0.29, 0.717) is 28.3 Å². The molecule has 1 unspecified atom stereocenters. The zero-order chi connectivity index (χ0) is 26.0. The number of ketones is 1. The number of thiazole rings is 1. The first-order chi connectivity index (χ1) is 17.3. The van der Waals surface area contributed by atoms with Crippen molar-refractivity contribution in [3.8, 4) is 11.5 Å². The highest BCUT2D eigenvalue weighted by Crippen LogP contribution is 2.44. The summed E-state index contributed by atoms with van der Waals surface area (Å²) in [5, 5.41) is 11.4. The second-order valence-electron chi connectivity index (χ2n) is 7.81. The number of aliphatic hydroxyl groups excluding tert-OH is 1. The van der Waals surface area contributed by atoms with Crippen molar-refractivity contribution in [2.75, 3.05) is 25.7 Å². The van der Waals surface area contributed by atoms with E-state index in [0.717, 1.165) is 11.3 Å². The third kappa shape index (κ3) is 4.42. The molecule has 10 heteroatoms. The van der Waals surface area contributed by atoms with Gasteiger partial charge in [0, 0.05) is 5.56 Å². The van der Waals surface area contributed by atoms with Gasteiger partial charge in [0.25, 0.3) is 5.78 Å². The maximum atomic E-state index is 13.4. The molecule has 36 heavy (non-hydrogen) atoms. The first-order valence-electron chi connectivity index (χ1n) is 11.0. The van der Waals surface area contributed by atoms with Gasteiger partial charge >= 0.3 is 11.9 Å². The maximum absolute atomic E-state index is 13.4. The average molecular weight is 509 g/mol. The third-order valence-electron chi connectivity index (χ3n) is 5.65. The second kappa shape index (κ2) is 10.2. The van der Waals surface area contributed by atoms with Crippen LogP contribution < -0.4 is 14.4 Å². The van der Waals surface area contributed by atoms with Crippen LogP contribution >= 0.6 is 11.3 Å². The Morgan fingerprint density at radius 2 is 1.75 bits per heavy atom. The number of aromatic nitrogens is 1. The molecule has 0 aliphatic carbocycles. The normalized spacial score (nSPS) is 16.8. The number of carbonyl (C=O) groups is 3. The van der Waals surface area contributed by atoms with E-state index in [4.69, 9.17) is 14.2 Å². The topological polar surface area (TPSA) is 115 Å². The number of carbonyl (C=O) groups excluding carboxylic acids is 3. The molecule has 1 N–H and O–H groups in total. The molecular formula is C26H24N2O7S. The minimum atomic E-state index is -1.02. The standard InChI is InChI=1S/C26H24N2O7S/c1-5-35-25(32)23-14(2)27-26(36-23)28-20(15-8-6-10-17(12-15)33-3)19(22(30)24(28)31)21(29)16-9-7-11-18(13-16)34-4/h6-13,20,29H,5H2,1-4H3/b21-19+. The second-order valence-corrected chi connectivity index (χ2v) is 8.79. The Labute approximate surface area is 211 Å². The van der Waals surface area contributed by atoms with Gasteiger partial charge < -0.3 is 19.3 Å². The molecule has 1 aliphatic heterocycles. The van der Waals surface area contributed by atoms with Crippen molar-refractivity contribution in [2.24, 2.45) is 0 Å². The fourth-order valence-corrected chi connectivity index (χ4v) is 4.94. The molecule has 1 aliphatic rings. The number of esters is 1. The number of nitrogens with zero attached hydrogens (tertiary/aromatic N) is 2. The lowest BCUT2D eigenvalue weighted by Crippen LogP contribution is -2.29. The van der Waals surface area contributed by atoms with Crippen LogP contribution in [0.4, 0.5) is 5.13 Å². The Hall–Kier alpha value is -4.18. The number of anilines is 1. The molecule has 2 aromatic carbocycles. The summed E-state index contributed by atoms with van der Waals surface area (Å²) >= 11 is 0.946. The number of aryl methyl sites for hydroxylation is 1. The number of rotatable bonds is 7. The summed E-state index contributed by atoms with van der Waals surface area (Å²) in [4.78, 5) is 44.9. The highest BCUT2D eigenvalue weighted by atomic mass is 32.1. The van der Waals surface area contributed by atoms with E-state index < -0.39 is 23.7 Å². The number of ether oxygens (including phenoxy) is 3. The van der Waals surface area contributed by atoms with E-state index >= 15 is 0 Å². The monoisotopic (exact) mass is 508 g/mol. The van der Waals surface area contributed by atoms with Gasteiger partial charge in [0.1, 0.15) is 22.1 Å². The van der Waals surface area contributed by atoms with Crippen LogP contribution in [0.2, 0.25) is 0 Å². The van der Waals surface area contributed by atoms with E-state index in [9.17, 15) is 19.5 Å². The predicted octanol–water partition coefficient (Wildman–Crippen LogP) is 4.27. The first-order valence-corrected chi connectivity index (χ1v) is 11.9. The summed E-state index contributed by atoms with van der Waals surface area (Å²) in [6.45, 7) is 3.50. The first kappa shape index (κ1) is 24.9. The molecule has 0 saturated carbocycles. The van der Waals surface area contributed by atoms with Crippen molar-refractivity contribution >= 4 is 39.9 Å². The Morgan fingerprint density at radius 3 is 2.42 bits per heavy atom. The number of aliphatic hydroxyl groups is 1. The van der Waals surface area contributed by atoms with Crippen molar-refractivity contribution in [2.45, 2.75) is 19.9 Å². The lowest BCUT2D eigenvalue weighted by atomic mass is 9.95. The van der Waals surface area contributed by atoms with Gasteiger partial charge in [-0.1, -0.05) is 35.6 Å². The molecule has 0 radical (unpaired) electrons. The van der Waals surface area contributed by atoms with Gasteiger partial charge in [-0.2, -0.15) is 0 Å². The Morgan fingerprint density at radius 1 is 1.08 bits per heavy atom. The fraction of sp³-hybridized carbons (Fsp3) is 0.231. The molecule has 1 atom stereocenters. The Balaban J connectivity index is 1.93. The molecule has 0 spiro atoms. The average Bonchev–Trinajstić information content (AvgIpc) is 3.40. The van der Waals surface area contributed by atoms with Crippen LogP contribution in [0.3, 0.4) is 0 Å². The van der Waals surface area contributed by atoms with Crippen LogP contribution in [0.15, 0.2) is 54.1 Å². The predicted molar refractivity (Wildman–Crippen MR) is 134 cm³/mol. The van der Waals surface area contributed by atoms with E-state index in [1.807, 2.05) is 0 Å². The number of hydrogen-bond donors (Lipinski definition) is 1. The van der Waals surface area contributed by atoms with Gasteiger partial charge in [-0.15, -0.1) is 0 Å². The Kier molecular flexibility index (Phi) is 7.07. The number of methoxy groups -OCH3 is 2. The molecule has 0 bridgehead atoms. The molecular weight excluding hydrogens is 484 g/mol. The van der Waals surface area contributed by atoms with E-state index in [1.54, 1.807) is 62.4 Å². The van der Waals surface area contributed by atoms with Crippen LogP contribution in [0.1, 0.15) is 39.5 Å². The van der Waals surface area contributed by atoms with Gasteiger partial charge in [0.2, 0.25) is 0 Å². The molecule has 2 heterocycles. The van der Waals surface area contributed by atoms with Crippen molar-refractivity contribution in [3.05, 3.63) is 75.8 Å². The van der Waals surface area contributed by atoms with Gasteiger partial charge in [0.05, 0.1) is 38.1 Å². The highest BCUT2D eigenvalue weighted by Gasteiger charge is 2.48. The molecule has 186 valence electrons. The lowest BCUT2D eigenvalue weighted by Gasteiger charge is -2.23. The smallest absolute Gasteiger partial charge is 0.350 e. The summed E-state index contributed by atoms with van der Waals surface area (Å²) in [7, 11) is 2.99. The number of hydrogen-bond acceptors (Lipinski definition) is 9. The van der Waals surface area contributed by atoms with E-state index in [-0.39, 0.29) is 27.9 Å². The SMILES string of the molecule is CCOC(=O)c1sc(N2C(=O)C(=O)/C(=C(/O)c3cccc(OC)c3)C2c2cccc(OC)c2)nc1C. The van der Waals surface area contributed by atoms with Crippen LogP contribution in [-0.2, 0) is 14.3 Å². The number of Topliss-reactive ketones (excluding diaryl/α,β-unsaturated/α-hetero) is 1. The van der Waals surface area contributed by atoms with Crippen LogP contribution in [0.25, 0.3) is 5.76 Å². The zero-order valence-electron chi connectivity index (χ0n) is 20.1.